The number of methoxy groups -OCH3 is 1. The van der Waals surface area contributed by atoms with Gasteiger partial charge in [-0.2, -0.15) is 5.10 Å². The van der Waals surface area contributed by atoms with Gasteiger partial charge >= 0.3 is 0 Å². The maximum Gasteiger partial charge on any atom is 0.244 e. The summed E-state index contributed by atoms with van der Waals surface area (Å²) in [5.74, 6) is 0.411. The predicted octanol–water partition coefficient (Wildman–Crippen LogP) is 3.40. The smallest absolute Gasteiger partial charge is 0.244 e. The number of benzene rings is 2. The molecule has 0 unspecified atom stereocenters. The predicted molar refractivity (Wildman–Crippen MR) is 170 cm³/mol. The van der Waals surface area contributed by atoms with E-state index in [9.17, 15) is 9.90 Å². The lowest BCUT2D eigenvalue weighted by atomic mass is 9.99. The molecule has 0 radical (unpaired) electrons. The summed E-state index contributed by atoms with van der Waals surface area (Å²) in [7, 11) is 3.75. The fraction of sp³-hybridized carbons (Fsp3) is 0.333. The largest absolute Gasteiger partial charge is 0.392 e. The fourth-order valence-corrected chi connectivity index (χ4v) is 5.80. The summed E-state index contributed by atoms with van der Waals surface area (Å²) in [6.45, 7) is 5.83. The summed E-state index contributed by atoms with van der Waals surface area (Å²) in [4.78, 5) is 27.4. The average Bonchev–Trinajstić information content (AvgIpc) is 3.69. The van der Waals surface area contributed by atoms with Gasteiger partial charge in [-0.05, 0) is 60.8 Å². The molecule has 1 aliphatic heterocycles. The number of hydrogen-bond donors (Lipinski definition) is 3. The Hall–Kier alpha value is -4.42. The first kappa shape index (κ1) is 29.6. The van der Waals surface area contributed by atoms with Crippen molar-refractivity contribution in [2.24, 2.45) is 0 Å². The van der Waals surface area contributed by atoms with Gasteiger partial charge in [-0.1, -0.05) is 30.3 Å². The molecule has 1 amide bonds. The van der Waals surface area contributed by atoms with Crippen LogP contribution in [-0.2, 0) is 22.6 Å². The standard InChI is InChI=1S/C33H38N8O3/c1-22-17-34-33(36-24-18-35-41(19-24)25-7-4-6-23(16-25)20-42)38-31(22)28-11-10-27-26(28)8-5-9-29(27)37-32(43)30(21-44-3)40-14-12-39(2)13-15-40/h4-9,11,16-19,30,42H,10,12-15,20-21H2,1-3H3,(H,37,43)(H,34,36,38)/t30-/m1/s1. The number of allylic oxidation sites excluding steroid dienone is 1. The van der Waals surface area contributed by atoms with E-state index in [2.05, 4.69) is 49.7 Å². The quantitative estimate of drug-likeness (QED) is 0.254. The Labute approximate surface area is 257 Å². The van der Waals surface area contributed by atoms with Gasteiger partial charge in [-0.3, -0.25) is 9.69 Å². The van der Waals surface area contributed by atoms with Crippen LogP contribution in [0.5, 0.6) is 0 Å². The van der Waals surface area contributed by atoms with Crippen molar-refractivity contribution in [1.29, 1.82) is 0 Å². The Kier molecular flexibility index (Phi) is 8.80. The molecule has 0 bridgehead atoms. The van der Waals surface area contributed by atoms with Crippen LogP contribution < -0.4 is 10.6 Å². The molecule has 1 aliphatic carbocycles. The third-order valence-electron chi connectivity index (χ3n) is 8.26. The molecule has 3 heterocycles. The number of aromatic nitrogens is 4. The van der Waals surface area contributed by atoms with E-state index in [-0.39, 0.29) is 18.6 Å². The molecule has 2 aromatic carbocycles. The molecule has 2 aromatic heterocycles. The SMILES string of the molecule is COC[C@H](C(=O)Nc1cccc2c1CC=C2c1nc(Nc2cnn(-c3cccc(CO)c3)c2)ncc1C)N1CCN(C)CC1. The van der Waals surface area contributed by atoms with Crippen LogP contribution in [0.3, 0.4) is 0 Å². The van der Waals surface area contributed by atoms with E-state index >= 15 is 0 Å². The van der Waals surface area contributed by atoms with Crippen LogP contribution in [-0.4, -0.2) is 93.5 Å². The lowest BCUT2D eigenvalue weighted by molar-refractivity contribution is -0.124. The maximum atomic E-state index is 13.5. The molecule has 3 N–H and O–H groups in total. The molecule has 6 rings (SSSR count). The number of carbonyl (C=O) groups is 1. The van der Waals surface area contributed by atoms with E-state index < -0.39 is 0 Å². The number of nitrogens with zero attached hydrogens (tertiary/aromatic N) is 6. The van der Waals surface area contributed by atoms with Crippen molar-refractivity contribution in [3.63, 3.8) is 0 Å². The normalized spacial score (nSPS) is 16.0. The summed E-state index contributed by atoms with van der Waals surface area (Å²) in [5.41, 5.74) is 8.16. The Morgan fingerprint density at radius 2 is 1.93 bits per heavy atom. The minimum atomic E-state index is -0.348. The zero-order valence-corrected chi connectivity index (χ0v) is 25.3. The molecule has 2 aliphatic rings. The number of carbonyl (C=O) groups excluding carboxylic acids is 1. The van der Waals surface area contributed by atoms with Gasteiger partial charge in [0.15, 0.2) is 0 Å². The van der Waals surface area contributed by atoms with Gasteiger partial charge in [-0.15, -0.1) is 0 Å². The molecule has 4 aromatic rings. The second kappa shape index (κ2) is 13.1. The van der Waals surface area contributed by atoms with E-state index in [0.29, 0.717) is 19.0 Å². The molecule has 1 saturated heterocycles. The van der Waals surface area contributed by atoms with E-state index in [1.54, 1.807) is 18.0 Å². The van der Waals surface area contributed by atoms with Crippen molar-refractivity contribution in [3.05, 3.63) is 95.1 Å². The average molecular weight is 595 g/mol. The molecule has 1 fully saturated rings. The lowest BCUT2D eigenvalue weighted by Crippen LogP contribution is -2.54. The van der Waals surface area contributed by atoms with Gasteiger partial charge in [0.2, 0.25) is 11.9 Å². The van der Waals surface area contributed by atoms with Crippen LogP contribution in [0.1, 0.15) is 27.9 Å². The number of aliphatic hydroxyl groups is 1. The summed E-state index contributed by atoms with van der Waals surface area (Å²) >= 11 is 0. The number of rotatable bonds is 10. The zero-order chi connectivity index (χ0) is 30.6. The van der Waals surface area contributed by atoms with Crippen molar-refractivity contribution in [2.45, 2.75) is 26.0 Å². The first-order valence-corrected chi connectivity index (χ1v) is 14.8. The van der Waals surface area contributed by atoms with E-state index in [0.717, 1.165) is 76.8 Å². The van der Waals surface area contributed by atoms with Gasteiger partial charge < -0.3 is 25.4 Å². The minimum Gasteiger partial charge on any atom is -0.392 e. The highest BCUT2D eigenvalue weighted by atomic mass is 16.5. The number of nitrogens with one attached hydrogen (secondary N) is 2. The van der Waals surface area contributed by atoms with Crippen molar-refractivity contribution in [2.75, 3.05) is 57.6 Å². The number of aliphatic hydroxyl groups excluding tert-OH is 1. The Morgan fingerprint density at radius 3 is 2.73 bits per heavy atom. The molecular formula is C33H38N8O3. The van der Waals surface area contributed by atoms with Crippen molar-refractivity contribution in [3.8, 4) is 5.69 Å². The topological polar surface area (TPSA) is 121 Å². The number of ether oxygens (including phenoxy) is 1. The van der Waals surface area contributed by atoms with Crippen LogP contribution >= 0.6 is 0 Å². The maximum absolute atomic E-state index is 13.5. The lowest BCUT2D eigenvalue weighted by Gasteiger charge is -2.36. The highest BCUT2D eigenvalue weighted by Gasteiger charge is 2.30. The van der Waals surface area contributed by atoms with Crippen LogP contribution in [0, 0.1) is 6.92 Å². The number of piperazine rings is 1. The van der Waals surface area contributed by atoms with Crippen LogP contribution in [0.2, 0.25) is 0 Å². The van der Waals surface area contributed by atoms with Crippen LogP contribution in [0.25, 0.3) is 11.3 Å². The van der Waals surface area contributed by atoms with Crippen LogP contribution in [0.15, 0.2) is 67.1 Å². The molecule has 0 saturated carbocycles. The molecule has 1 atom stereocenters. The van der Waals surface area contributed by atoms with Crippen molar-refractivity contribution < 1.29 is 14.6 Å². The monoisotopic (exact) mass is 594 g/mol. The number of hydrogen-bond acceptors (Lipinski definition) is 9. The Morgan fingerprint density at radius 1 is 1.11 bits per heavy atom. The first-order valence-electron chi connectivity index (χ1n) is 14.8. The molecule has 44 heavy (non-hydrogen) atoms. The molecule has 228 valence electrons. The first-order chi connectivity index (χ1) is 21.4. The summed E-state index contributed by atoms with van der Waals surface area (Å²) in [5, 5.41) is 20.4. The van der Waals surface area contributed by atoms with Gasteiger partial charge in [0.1, 0.15) is 6.04 Å². The van der Waals surface area contributed by atoms with Gasteiger partial charge in [0, 0.05) is 50.7 Å². The molecule has 11 nitrogen and oxygen atoms in total. The highest BCUT2D eigenvalue weighted by Crippen LogP contribution is 2.37. The third kappa shape index (κ3) is 6.27. The van der Waals surface area contributed by atoms with Gasteiger partial charge in [-0.25, -0.2) is 14.6 Å². The number of likely N-dealkylation sites (N-methyl/N-ethyl adjacent to an activating group) is 1. The fourth-order valence-electron chi connectivity index (χ4n) is 5.80. The van der Waals surface area contributed by atoms with Crippen molar-refractivity contribution >= 4 is 28.8 Å². The summed E-state index contributed by atoms with van der Waals surface area (Å²) < 4.78 is 7.19. The zero-order valence-electron chi connectivity index (χ0n) is 25.3. The molecule has 0 spiro atoms. The second-order valence-electron chi connectivity index (χ2n) is 11.3. The van der Waals surface area contributed by atoms with Gasteiger partial charge in [0.25, 0.3) is 0 Å². The number of anilines is 3. The summed E-state index contributed by atoms with van der Waals surface area (Å²) in [6, 6.07) is 13.3. The van der Waals surface area contributed by atoms with E-state index in [1.165, 1.54) is 0 Å². The number of aryl methyl sites for hydroxylation is 1. The Bertz CT molecular complexity index is 1680. The van der Waals surface area contributed by atoms with E-state index in [1.807, 2.05) is 55.7 Å². The Balaban J connectivity index is 1.20. The highest BCUT2D eigenvalue weighted by molar-refractivity contribution is 5.97. The number of amides is 1. The van der Waals surface area contributed by atoms with Crippen LogP contribution in [0.4, 0.5) is 17.3 Å². The number of fused-ring (bicyclic) bond motifs is 1. The third-order valence-corrected chi connectivity index (χ3v) is 8.26. The van der Waals surface area contributed by atoms with E-state index in [4.69, 9.17) is 9.72 Å². The molecule has 11 heteroatoms. The van der Waals surface area contributed by atoms with Crippen molar-refractivity contribution in [1.82, 2.24) is 29.5 Å². The summed E-state index contributed by atoms with van der Waals surface area (Å²) in [6.07, 6.45) is 8.24. The van der Waals surface area contributed by atoms with Gasteiger partial charge in [0.05, 0.1) is 42.7 Å². The minimum absolute atomic E-state index is 0.0298. The molecular weight excluding hydrogens is 556 g/mol. The second-order valence-corrected chi connectivity index (χ2v) is 11.3.